The maximum atomic E-state index is 12.8. The van der Waals surface area contributed by atoms with Crippen LogP contribution in [0, 0.1) is 0 Å². The normalized spacial score (nSPS) is 14.3. The third-order valence-electron chi connectivity index (χ3n) is 4.90. The van der Waals surface area contributed by atoms with Crippen LogP contribution < -0.4 is 15.5 Å². The molecule has 4 heterocycles. The molecule has 1 aromatic carbocycles. The van der Waals surface area contributed by atoms with Crippen LogP contribution in [0.25, 0.3) is 15.9 Å². The first-order valence-electron chi connectivity index (χ1n) is 9.38. The molecule has 0 spiro atoms. The van der Waals surface area contributed by atoms with Gasteiger partial charge in [-0.3, -0.25) is 9.78 Å². The summed E-state index contributed by atoms with van der Waals surface area (Å²) in [5.41, 5.74) is 5.62. The van der Waals surface area contributed by atoms with E-state index in [2.05, 4.69) is 30.6 Å². The van der Waals surface area contributed by atoms with E-state index in [0.29, 0.717) is 11.4 Å². The van der Waals surface area contributed by atoms with E-state index in [1.165, 1.54) is 0 Å². The third-order valence-corrected chi connectivity index (χ3v) is 5.71. The molecule has 1 amide bonds. The zero-order valence-corrected chi connectivity index (χ0v) is 16.4. The predicted molar refractivity (Wildman–Crippen MR) is 114 cm³/mol. The second-order valence-corrected chi connectivity index (χ2v) is 7.62. The highest BCUT2D eigenvalue weighted by Gasteiger charge is 2.17. The number of hydrogen-bond acceptors (Lipinski definition) is 7. The van der Waals surface area contributed by atoms with Gasteiger partial charge in [-0.05, 0) is 30.3 Å². The summed E-state index contributed by atoms with van der Waals surface area (Å²) in [5, 5.41) is 10.7. The fourth-order valence-corrected chi connectivity index (χ4v) is 4.09. The number of thiazole rings is 1. The van der Waals surface area contributed by atoms with Crippen molar-refractivity contribution in [2.24, 2.45) is 0 Å². The quantitative estimate of drug-likeness (QED) is 0.543. The minimum Gasteiger partial charge on any atom is -0.367 e. The molecule has 0 radical (unpaired) electrons. The first-order valence-corrected chi connectivity index (χ1v) is 10.3. The molecule has 1 saturated heterocycles. The Bertz CT molecular complexity index is 1160. The zero-order chi connectivity index (χ0) is 19.6. The van der Waals surface area contributed by atoms with Gasteiger partial charge in [-0.25, -0.2) is 9.67 Å². The summed E-state index contributed by atoms with van der Waals surface area (Å²) in [5.74, 6) is -0.261. The smallest absolute Gasteiger partial charge is 0.276 e. The van der Waals surface area contributed by atoms with Crippen LogP contribution in [0.15, 0.2) is 54.4 Å². The van der Waals surface area contributed by atoms with Crippen molar-refractivity contribution in [2.45, 2.75) is 0 Å². The monoisotopic (exact) mass is 405 g/mol. The second kappa shape index (κ2) is 7.61. The lowest BCUT2D eigenvalue weighted by atomic mass is 10.2. The Hall–Kier alpha value is -3.30. The molecule has 0 aliphatic carbocycles. The number of nitrogens with one attached hydrogen (secondary N) is 2. The molecule has 9 heteroatoms. The number of piperazine rings is 1. The average molecular weight is 405 g/mol. The molecule has 1 aliphatic rings. The summed E-state index contributed by atoms with van der Waals surface area (Å²) in [7, 11) is 0. The van der Waals surface area contributed by atoms with Crippen LogP contribution >= 0.6 is 11.3 Å². The number of benzene rings is 1. The van der Waals surface area contributed by atoms with E-state index in [-0.39, 0.29) is 5.91 Å². The van der Waals surface area contributed by atoms with E-state index in [0.717, 1.165) is 47.8 Å². The summed E-state index contributed by atoms with van der Waals surface area (Å²) < 4.78 is 2.81. The molecule has 0 atom stereocenters. The lowest BCUT2D eigenvalue weighted by Crippen LogP contribution is -2.43. The van der Waals surface area contributed by atoms with Gasteiger partial charge in [-0.2, -0.15) is 5.10 Å². The fourth-order valence-electron chi connectivity index (χ4n) is 3.43. The van der Waals surface area contributed by atoms with Gasteiger partial charge < -0.3 is 15.5 Å². The zero-order valence-electron chi connectivity index (χ0n) is 15.6. The molecule has 1 fully saturated rings. The maximum absolute atomic E-state index is 12.8. The highest BCUT2D eigenvalue weighted by atomic mass is 32.1. The molecule has 0 saturated carbocycles. The van der Waals surface area contributed by atoms with Crippen molar-refractivity contribution in [1.29, 1.82) is 0 Å². The number of rotatable bonds is 4. The highest BCUT2D eigenvalue weighted by molar-refractivity contribution is 7.16. The van der Waals surface area contributed by atoms with E-state index in [1.54, 1.807) is 40.7 Å². The summed E-state index contributed by atoms with van der Waals surface area (Å²) in [4.78, 5) is 23.6. The van der Waals surface area contributed by atoms with Crippen LogP contribution in [-0.2, 0) is 0 Å². The Morgan fingerprint density at radius 3 is 2.97 bits per heavy atom. The Kier molecular flexibility index (Phi) is 4.66. The largest absolute Gasteiger partial charge is 0.367 e. The Morgan fingerprint density at radius 2 is 2.07 bits per heavy atom. The number of pyridine rings is 1. The van der Waals surface area contributed by atoms with Crippen LogP contribution in [0.1, 0.15) is 10.5 Å². The molecule has 146 valence electrons. The van der Waals surface area contributed by atoms with Gasteiger partial charge in [-0.15, -0.1) is 11.3 Å². The van der Waals surface area contributed by atoms with E-state index in [1.807, 2.05) is 29.8 Å². The minimum atomic E-state index is -0.261. The van der Waals surface area contributed by atoms with Crippen molar-refractivity contribution in [2.75, 3.05) is 36.4 Å². The number of hydrogen-bond donors (Lipinski definition) is 2. The van der Waals surface area contributed by atoms with Crippen molar-refractivity contribution in [3.8, 4) is 5.69 Å². The summed E-state index contributed by atoms with van der Waals surface area (Å²) in [6, 6.07) is 9.59. The van der Waals surface area contributed by atoms with Gasteiger partial charge in [0, 0.05) is 38.6 Å². The van der Waals surface area contributed by atoms with Gasteiger partial charge >= 0.3 is 0 Å². The molecule has 2 N–H and O–H groups in total. The Morgan fingerprint density at radius 1 is 1.17 bits per heavy atom. The number of anilines is 2. The number of amides is 1. The van der Waals surface area contributed by atoms with E-state index in [4.69, 9.17) is 0 Å². The maximum Gasteiger partial charge on any atom is 0.276 e. The fraction of sp³-hybridized carbons (Fsp3) is 0.200. The SMILES string of the molecule is O=C(Nc1cnccc1N1CCNCC1)c1ccn(-c2ccc3scnc3c2)n1. The molecule has 29 heavy (non-hydrogen) atoms. The van der Waals surface area contributed by atoms with Crippen molar-refractivity contribution in [1.82, 2.24) is 25.1 Å². The molecule has 8 nitrogen and oxygen atoms in total. The highest BCUT2D eigenvalue weighted by Crippen LogP contribution is 2.25. The van der Waals surface area contributed by atoms with Crippen LogP contribution in [0.3, 0.4) is 0 Å². The van der Waals surface area contributed by atoms with Crippen LogP contribution in [-0.4, -0.2) is 51.8 Å². The van der Waals surface area contributed by atoms with Crippen LogP contribution in [0.2, 0.25) is 0 Å². The van der Waals surface area contributed by atoms with E-state index in [9.17, 15) is 4.79 Å². The Balaban J connectivity index is 1.37. The lowest BCUT2D eigenvalue weighted by Gasteiger charge is -2.30. The number of nitrogens with zero attached hydrogens (tertiary/aromatic N) is 5. The van der Waals surface area contributed by atoms with E-state index < -0.39 is 0 Å². The van der Waals surface area contributed by atoms with Crippen molar-refractivity contribution < 1.29 is 4.79 Å². The second-order valence-electron chi connectivity index (χ2n) is 6.73. The Labute approximate surface area is 171 Å². The number of carbonyl (C=O) groups excluding carboxylic acids is 1. The number of fused-ring (bicyclic) bond motifs is 1. The molecule has 0 bridgehead atoms. The molecule has 3 aromatic heterocycles. The minimum absolute atomic E-state index is 0.261. The summed E-state index contributed by atoms with van der Waals surface area (Å²) in [6.07, 6.45) is 5.21. The molecular formula is C20H19N7OS. The van der Waals surface area contributed by atoms with E-state index >= 15 is 0 Å². The average Bonchev–Trinajstić information content (AvgIpc) is 3.44. The first kappa shape index (κ1) is 17.8. The molecule has 4 aromatic rings. The topological polar surface area (TPSA) is 88.0 Å². The van der Waals surface area contributed by atoms with Gasteiger partial charge in [0.15, 0.2) is 5.69 Å². The first-order chi connectivity index (χ1) is 14.3. The van der Waals surface area contributed by atoms with Crippen molar-refractivity contribution in [3.63, 3.8) is 0 Å². The molecule has 1 aliphatic heterocycles. The third kappa shape index (κ3) is 3.57. The lowest BCUT2D eigenvalue weighted by molar-refractivity contribution is 0.102. The van der Waals surface area contributed by atoms with Gasteiger partial charge in [0.25, 0.3) is 5.91 Å². The van der Waals surface area contributed by atoms with Crippen LogP contribution in [0.4, 0.5) is 11.4 Å². The van der Waals surface area contributed by atoms with Crippen LogP contribution in [0.5, 0.6) is 0 Å². The molecular weight excluding hydrogens is 386 g/mol. The summed E-state index contributed by atoms with van der Waals surface area (Å²) >= 11 is 1.60. The van der Waals surface area contributed by atoms with Gasteiger partial charge in [-0.1, -0.05) is 0 Å². The molecule has 5 rings (SSSR count). The van der Waals surface area contributed by atoms with Crippen molar-refractivity contribution in [3.05, 3.63) is 60.1 Å². The molecule has 0 unspecified atom stereocenters. The van der Waals surface area contributed by atoms with Gasteiger partial charge in [0.05, 0.1) is 39.0 Å². The van der Waals surface area contributed by atoms with Gasteiger partial charge in [0.2, 0.25) is 0 Å². The number of aromatic nitrogens is 4. The summed E-state index contributed by atoms with van der Waals surface area (Å²) in [6.45, 7) is 3.62. The predicted octanol–water partition coefficient (Wildman–Crippen LogP) is 2.54. The van der Waals surface area contributed by atoms with Crippen molar-refractivity contribution >= 4 is 38.8 Å². The standard InChI is InChI=1S/C20H19N7OS/c28-20(24-17-12-22-5-3-18(17)26-9-6-21-7-10-26)15-4-8-27(25-15)14-1-2-19-16(11-14)23-13-29-19/h1-5,8,11-13,21H,6-7,9-10H2,(H,24,28). The number of carbonyl (C=O) groups is 1. The van der Waals surface area contributed by atoms with Gasteiger partial charge in [0.1, 0.15) is 0 Å².